The summed E-state index contributed by atoms with van der Waals surface area (Å²) in [7, 11) is 0. The van der Waals surface area contributed by atoms with Crippen molar-refractivity contribution < 1.29 is 41.7 Å². The van der Waals surface area contributed by atoms with Crippen LogP contribution >= 0.6 is 0 Å². The van der Waals surface area contributed by atoms with Gasteiger partial charge in [0, 0.05) is 12.1 Å². The number of ether oxygens (including phenoxy) is 2. The highest BCUT2D eigenvalue weighted by molar-refractivity contribution is 5.94. The molecule has 0 aromatic heterocycles. The zero-order valence-electron chi connectivity index (χ0n) is 22.7. The van der Waals surface area contributed by atoms with Gasteiger partial charge in [-0.3, -0.25) is 9.59 Å². The minimum atomic E-state index is -4.66. The summed E-state index contributed by atoms with van der Waals surface area (Å²) in [6, 6.07) is 15.9. The third-order valence-corrected chi connectivity index (χ3v) is 6.28. The lowest BCUT2D eigenvalue weighted by atomic mass is 10.0. The minimum Gasteiger partial charge on any atom is -0.489 e. The molecule has 0 heterocycles. The summed E-state index contributed by atoms with van der Waals surface area (Å²) in [5.41, 5.74) is 0.266. The van der Waals surface area contributed by atoms with Gasteiger partial charge in [0.2, 0.25) is 0 Å². The van der Waals surface area contributed by atoms with Gasteiger partial charge >= 0.3 is 12.1 Å². The van der Waals surface area contributed by atoms with Gasteiger partial charge in [0.1, 0.15) is 30.0 Å². The number of hydrogen-bond donors (Lipinski definition) is 2. The van der Waals surface area contributed by atoms with Crippen molar-refractivity contribution in [2.45, 2.75) is 64.3 Å². The lowest BCUT2D eigenvalue weighted by Crippen LogP contribution is -2.26. The van der Waals surface area contributed by atoms with E-state index in [4.69, 9.17) is 14.6 Å². The number of aliphatic carboxylic acids is 1. The Hall–Kier alpha value is -4.08. The molecule has 3 aromatic carbocycles. The molecule has 0 aliphatic carbocycles. The molecule has 1 unspecified atom stereocenters. The number of unbranched alkanes of at least 4 members (excludes halogenated alkanes) is 3. The molecule has 0 spiro atoms. The molecule has 10 heteroatoms. The van der Waals surface area contributed by atoms with Crippen LogP contribution in [0.5, 0.6) is 11.5 Å². The molecule has 0 aliphatic rings. The number of benzene rings is 3. The van der Waals surface area contributed by atoms with E-state index in [9.17, 15) is 27.2 Å². The first-order chi connectivity index (χ1) is 19.5. The fourth-order valence-corrected chi connectivity index (χ4v) is 4.13. The van der Waals surface area contributed by atoms with Crippen molar-refractivity contribution in [1.29, 1.82) is 0 Å². The largest absolute Gasteiger partial charge is 0.489 e. The van der Waals surface area contributed by atoms with Crippen LogP contribution in [-0.2, 0) is 17.6 Å². The second kappa shape index (κ2) is 15.1. The maximum atomic E-state index is 13.7. The zero-order chi connectivity index (χ0) is 29.8. The molecular formula is C31H33F4NO5. The summed E-state index contributed by atoms with van der Waals surface area (Å²) in [4.78, 5) is 22.9. The average Bonchev–Trinajstić information content (AvgIpc) is 2.93. The molecule has 220 valence electrons. The van der Waals surface area contributed by atoms with Gasteiger partial charge in [-0.1, -0.05) is 38.3 Å². The van der Waals surface area contributed by atoms with Crippen LogP contribution in [0.25, 0.3) is 0 Å². The van der Waals surface area contributed by atoms with Gasteiger partial charge in [-0.2, -0.15) is 13.2 Å². The second-order valence-electron chi connectivity index (χ2n) is 9.58. The fourth-order valence-electron chi connectivity index (χ4n) is 4.13. The van der Waals surface area contributed by atoms with Gasteiger partial charge in [-0.05, 0) is 78.6 Å². The third-order valence-electron chi connectivity index (χ3n) is 6.28. The maximum Gasteiger partial charge on any atom is 0.416 e. The highest BCUT2D eigenvalue weighted by Crippen LogP contribution is 2.31. The predicted molar refractivity (Wildman–Crippen MR) is 145 cm³/mol. The Labute approximate surface area is 236 Å². The first kappa shape index (κ1) is 31.4. The Kier molecular flexibility index (Phi) is 11.6. The number of carboxylic acids is 1. The Balaban J connectivity index is 1.65. The van der Waals surface area contributed by atoms with E-state index in [0.29, 0.717) is 23.1 Å². The summed E-state index contributed by atoms with van der Waals surface area (Å²) < 4.78 is 64.4. The number of carbonyl (C=O) groups is 2. The number of carbonyl (C=O) groups excluding carboxylic acids is 1. The van der Waals surface area contributed by atoms with Crippen molar-refractivity contribution in [2.75, 3.05) is 6.54 Å². The van der Waals surface area contributed by atoms with Gasteiger partial charge in [-0.15, -0.1) is 0 Å². The highest BCUT2D eigenvalue weighted by atomic mass is 19.4. The maximum absolute atomic E-state index is 13.7. The monoisotopic (exact) mass is 575 g/mol. The SMILES string of the molecule is CCCCCCC(Oc1ccc(OCc2cc(F)cc(C(F)(F)F)c2)cc1)c1ccc(C(=O)NCCC(=O)O)cc1. The molecule has 0 aliphatic heterocycles. The summed E-state index contributed by atoms with van der Waals surface area (Å²) >= 11 is 0. The van der Waals surface area contributed by atoms with Gasteiger partial charge in [0.15, 0.2) is 0 Å². The number of carboxylic acid groups (broad SMARTS) is 1. The smallest absolute Gasteiger partial charge is 0.416 e. The molecule has 3 aromatic rings. The molecule has 1 atom stereocenters. The number of rotatable bonds is 15. The summed E-state index contributed by atoms with van der Waals surface area (Å²) in [5, 5.41) is 11.3. The van der Waals surface area contributed by atoms with Crippen LogP contribution in [0.1, 0.15) is 78.6 Å². The summed E-state index contributed by atoms with van der Waals surface area (Å²) in [6.07, 6.45) is -0.202. The predicted octanol–water partition coefficient (Wildman–Crippen LogP) is 7.72. The number of alkyl halides is 3. The number of hydrogen-bond acceptors (Lipinski definition) is 4. The fraction of sp³-hybridized carbons (Fsp3) is 0.355. The number of amides is 1. The molecule has 41 heavy (non-hydrogen) atoms. The lowest BCUT2D eigenvalue weighted by molar-refractivity contribution is -0.138. The van der Waals surface area contributed by atoms with Gasteiger partial charge in [0.25, 0.3) is 5.91 Å². The first-order valence-electron chi connectivity index (χ1n) is 13.4. The van der Waals surface area contributed by atoms with Crippen molar-refractivity contribution in [3.8, 4) is 11.5 Å². The molecule has 0 saturated carbocycles. The number of halogens is 4. The van der Waals surface area contributed by atoms with E-state index in [1.54, 1.807) is 36.4 Å². The molecule has 6 nitrogen and oxygen atoms in total. The molecule has 0 saturated heterocycles. The van der Waals surface area contributed by atoms with Crippen molar-refractivity contribution in [2.24, 2.45) is 0 Å². The van der Waals surface area contributed by atoms with Crippen LogP contribution in [0.3, 0.4) is 0 Å². The van der Waals surface area contributed by atoms with Gasteiger partial charge < -0.3 is 19.9 Å². The van der Waals surface area contributed by atoms with Crippen molar-refractivity contribution >= 4 is 11.9 Å². The molecule has 0 bridgehead atoms. The standard InChI is InChI=1S/C31H33F4NO5/c1-2-3-4-5-6-28(22-7-9-23(10-8-22)30(39)36-16-15-29(37)38)41-27-13-11-26(12-14-27)40-20-21-17-24(31(33,34)35)19-25(32)18-21/h7-14,17-19,28H,2-6,15-16,20H2,1H3,(H,36,39)(H,37,38). The zero-order valence-corrected chi connectivity index (χ0v) is 22.7. The molecule has 3 rings (SSSR count). The van der Waals surface area contributed by atoms with E-state index < -0.39 is 23.5 Å². The van der Waals surface area contributed by atoms with Gasteiger partial charge in [0.05, 0.1) is 12.0 Å². The van der Waals surface area contributed by atoms with E-state index in [0.717, 1.165) is 49.8 Å². The second-order valence-corrected chi connectivity index (χ2v) is 9.58. The molecular weight excluding hydrogens is 542 g/mol. The van der Waals surface area contributed by atoms with Gasteiger partial charge in [-0.25, -0.2) is 4.39 Å². The quantitative estimate of drug-likeness (QED) is 0.143. The van der Waals surface area contributed by atoms with Crippen LogP contribution in [-0.4, -0.2) is 23.5 Å². The Bertz CT molecular complexity index is 1280. The van der Waals surface area contributed by atoms with Crippen LogP contribution in [0.4, 0.5) is 17.6 Å². The summed E-state index contributed by atoms with van der Waals surface area (Å²) in [5.74, 6) is -1.40. The average molecular weight is 576 g/mol. The van der Waals surface area contributed by atoms with E-state index >= 15 is 0 Å². The highest BCUT2D eigenvalue weighted by Gasteiger charge is 2.31. The molecule has 0 fully saturated rings. The number of nitrogens with one attached hydrogen (secondary N) is 1. The molecule has 1 amide bonds. The van der Waals surface area contributed by atoms with Crippen molar-refractivity contribution in [3.05, 3.63) is 94.8 Å². The molecule has 0 radical (unpaired) electrons. The van der Waals surface area contributed by atoms with Crippen LogP contribution in [0.15, 0.2) is 66.7 Å². The first-order valence-corrected chi connectivity index (χ1v) is 13.4. The van der Waals surface area contributed by atoms with E-state index in [1.165, 1.54) is 0 Å². The van der Waals surface area contributed by atoms with Crippen LogP contribution in [0.2, 0.25) is 0 Å². The lowest BCUT2D eigenvalue weighted by Gasteiger charge is -2.20. The topological polar surface area (TPSA) is 84.9 Å². The van der Waals surface area contributed by atoms with E-state index in [2.05, 4.69) is 12.2 Å². The van der Waals surface area contributed by atoms with E-state index in [1.807, 2.05) is 12.1 Å². The summed E-state index contributed by atoms with van der Waals surface area (Å²) in [6.45, 7) is 1.92. The minimum absolute atomic E-state index is 0.0373. The van der Waals surface area contributed by atoms with Crippen molar-refractivity contribution in [3.63, 3.8) is 0 Å². The van der Waals surface area contributed by atoms with Crippen LogP contribution in [0, 0.1) is 5.82 Å². The van der Waals surface area contributed by atoms with Crippen LogP contribution < -0.4 is 14.8 Å². The Morgan fingerprint density at radius 2 is 1.61 bits per heavy atom. The van der Waals surface area contributed by atoms with E-state index in [-0.39, 0.29) is 37.1 Å². The Morgan fingerprint density at radius 3 is 2.24 bits per heavy atom. The Morgan fingerprint density at radius 1 is 0.927 bits per heavy atom. The molecule has 2 N–H and O–H groups in total. The third kappa shape index (κ3) is 10.4. The van der Waals surface area contributed by atoms with Crippen molar-refractivity contribution in [1.82, 2.24) is 5.32 Å². The normalized spacial score (nSPS) is 12.0.